The van der Waals surface area contributed by atoms with Crippen LogP contribution in [0.5, 0.6) is 0 Å². The van der Waals surface area contributed by atoms with Crippen LogP contribution in [0.3, 0.4) is 0 Å². The number of amides is 2. The number of carbonyl (C=O) groups excluding carboxylic acids is 1. The van der Waals surface area contributed by atoms with Gasteiger partial charge in [-0.15, -0.1) is 23.1 Å². The molecule has 2 amide bonds. The maximum atomic E-state index is 12.0. The van der Waals surface area contributed by atoms with E-state index in [0.717, 1.165) is 26.8 Å². The van der Waals surface area contributed by atoms with Crippen LogP contribution in [0.2, 0.25) is 0 Å². The van der Waals surface area contributed by atoms with Crippen molar-refractivity contribution in [3.05, 3.63) is 65.2 Å². The summed E-state index contributed by atoms with van der Waals surface area (Å²) in [6.07, 6.45) is 2.72. The predicted molar refractivity (Wildman–Crippen MR) is 111 cm³/mol. The van der Waals surface area contributed by atoms with Crippen molar-refractivity contribution in [3.63, 3.8) is 0 Å². The van der Waals surface area contributed by atoms with Crippen molar-refractivity contribution >= 4 is 34.8 Å². The average molecular weight is 384 g/mol. The average Bonchev–Trinajstić information content (AvgIpc) is 3.11. The SMILES string of the molecule is CSc1cccc(NC(=O)NCCc2csc(-c3ccc(C)cc3)n2)c1. The van der Waals surface area contributed by atoms with E-state index >= 15 is 0 Å². The third-order valence-electron chi connectivity index (χ3n) is 3.84. The molecule has 2 N–H and O–H groups in total. The standard InChI is InChI=1S/C20H21N3OS2/c1-14-6-8-15(9-7-14)19-22-17(13-26-19)10-11-21-20(24)23-16-4-3-5-18(12-16)25-2/h3-9,12-13H,10-11H2,1-2H3,(H2,21,23,24). The second-order valence-electron chi connectivity index (χ2n) is 5.87. The molecule has 1 aromatic heterocycles. The van der Waals surface area contributed by atoms with Crippen LogP contribution in [-0.2, 0) is 6.42 Å². The molecular weight excluding hydrogens is 362 g/mol. The number of thioether (sulfide) groups is 1. The molecule has 0 fully saturated rings. The Morgan fingerprint density at radius 3 is 2.77 bits per heavy atom. The summed E-state index contributed by atoms with van der Waals surface area (Å²) in [5.41, 5.74) is 4.16. The number of urea groups is 1. The van der Waals surface area contributed by atoms with Crippen molar-refractivity contribution in [2.75, 3.05) is 18.1 Å². The van der Waals surface area contributed by atoms with Crippen LogP contribution in [0.1, 0.15) is 11.3 Å². The Morgan fingerprint density at radius 1 is 1.19 bits per heavy atom. The molecule has 0 unspecified atom stereocenters. The fourth-order valence-electron chi connectivity index (χ4n) is 2.43. The van der Waals surface area contributed by atoms with E-state index < -0.39 is 0 Å². The first-order valence-corrected chi connectivity index (χ1v) is 10.4. The first kappa shape index (κ1) is 18.5. The fourth-order valence-corrected chi connectivity index (χ4v) is 3.75. The number of hydrogen-bond donors (Lipinski definition) is 2. The Balaban J connectivity index is 1.48. The Labute approximate surface area is 162 Å². The highest BCUT2D eigenvalue weighted by Crippen LogP contribution is 2.24. The zero-order valence-electron chi connectivity index (χ0n) is 14.8. The van der Waals surface area contributed by atoms with Crippen LogP contribution in [0.15, 0.2) is 58.8 Å². The van der Waals surface area contributed by atoms with E-state index in [2.05, 4.69) is 52.2 Å². The van der Waals surface area contributed by atoms with E-state index in [9.17, 15) is 4.79 Å². The van der Waals surface area contributed by atoms with Crippen molar-refractivity contribution in [3.8, 4) is 10.6 Å². The molecule has 2 aromatic carbocycles. The van der Waals surface area contributed by atoms with Crippen LogP contribution in [0.25, 0.3) is 10.6 Å². The molecule has 26 heavy (non-hydrogen) atoms. The van der Waals surface area contributed by atoms with E-state index in [1.807, 2.05) is 30.5 Å². The molecule has 0 radical (unpaired) electrons. The molecule has 0 aliphatic rings. The summed E-state index contributed by atoms with van der Waals surface area (Å²) in [5.74, 6) is 0. The zero-order valence-corrected chi connectivity index (χ0v) is 16.4. The number of aryl methyl sites for hydroxylation is 1. The molecule has 134 valence electrons. The summed E-state index contributed by atoms with van der Waals surface area (Å²) in [6.45, 7) is 2.62. The Kier molecular flexibility index (Phi) is 6.30. The molecule has 1 heterocycles. The Bertz CT molecular complexity index is 875. The van der Waals surface area contributed by atoms with Crippen LogP contribution in [0.4, 0.5) is 10.5 Å². The smallest absolute Gasteiger partial charge is 0.319 e. The molecule has 0 saturated heterocycles. The van der Waals surface area contributed by atoms with Gasteiger partial charge in [-0.2, -0.15) is 0 Å². The Morgan fingerprint density at radius 2 is 2.00 bits per heavy atom. The van der Waals surface area contributed by atoms with E-state index in [0.29, 0.717) is 13.0 Å². The lowest BCUT2D eigenvalue weighted by molar-refractivity contribution is 0.252. The van der Waals surface area contributed by atoms with Gasteiger partial charge in [0.05, 0.1) is 5.69 Å². The number of thiazole rings is 1. The third kappa shape index (κ3) is 5.09. The van der Waals surface area contributed by atoms with Gasteiger partial charge in [0, 0.05) is 34.5 Å². The quantitative estimate of drug-likeness (QED) is 0.575. The van der Waals surface area contributed by atoms with Crippen LogP contribution >= 0.6 is 23.1 Å². The minimum atomic E-state index is -0.197. The molecule has 3 rings (SSSR count). The molecule has 3 aromatic rings. The zero-order chi connectivity index (χ0) is 18.4. The van der Waals surface area contributed by atoms with Gasteiger partial charge in [-0.3, -0.25) is 0 Å². The highest BCUT2D eigenvalue weighted by Gasteiger charge is 2.06. The molecule has 0 bridgehead atoms. The number of nitrogens with one attached hydrogen (secondary N) is 2. The number of nitrogens with zero attached hydrogens (tertiary/aromatic N) is 1. The van der Waals surface area contributed by atoms with Gasteiger partial charge in [-0.1, -0.05) is 35.9 Å². The van der Waals surface area contributed by atoms with Crippen molar-refractivity contribution in [1.82, 2.24) is 10.3 Å². The summed E-state index contributed by atoms with van der Waals surface area (Å²) in [7, 11) is 0. The maximum absolute atomic E-state index is 12.0. The van der Waals surface area contributed by atoms with Crippen molar-refractivity contribution in [2.45, 2.75) is 18.2 Å². The molecule has 0 aliphatic heterocycles. The number of aromatic nitrogens is 1. The molecule has 0 spiro atoms. The molecule has 6 heteroatoms. The minimum Gasteiger partial charge on any atom is -0.337 e. The van der Waals surface area contributed by atoms with E-state index in [1.54, 1.807) is 23.1 Å². The van der Waals surface area contributed by atoms with E-state index in [-0.39, 0.29) is 6.03 Å². The van der Waals surface area contributed by atoms with Gasteiger partial charge in [-0.05, 0) is 31.4 Å². The number of carbonyl (C=O) groups is 1. The third-order valence-corrected chi connectivity index (χ3v) is 5.51. The summed E-state index contributed by atoms with van der Waals surface area (Å²) >= 11 is 3.28. The van der Waals surface area contributed by atoms with Crippen LogP contribution in [-0.4, -0.2) is 23.8 Å². The minimum absolute atomic E-state index is 0.197. The van der Waals surface area contributed by atoms with Gasteiger partial charge in [0.1, 0.15) is 5.01 Å². The highest BCUT2D eigenvalue weighted by atomic mass is 32.2. The van der Waals surface area contributed by atoms with E-state index in [1.165, 1.54) is 5.56 Å². The highest BCUT2D eigenvalue weighted by molar-refractivity contribution is 7.98. The molecule has 0 aliphatic carbocycles. The maximum Gasteiger partial charge on any atom is 0.319 e. The number of anilines is 1. The lowest BCUT2D eigenvalue weighted by Gasteiger charge is -2.08. The summed E-state index contributed by atoms with van der Waals surface area (Å²) in [4.78, 5) is 17.8. The fraction of sp³-hybridized carbons (Fsp3) is 0.200. The molecular formula is C20H21N3OS2. The first-order chi connectivity index (χ1) is 12.6. The predicted octanol–water partition coefficient (Wildman–Crippen LogP) is 5.20. The lowest BCUT2D eigenvalue weighted by Crippen LogP contribution is -2.30. The topological polar surface area (TPSA) is 54.0 Å². The molecule has 4 nitrogen and oxygen atoms in total. The number of hydrogen-bond acceptors (Lipinski definition) is 4. The van der Waals surface area contributed by atoms with Gasteiger partial charge in [0.15, 0.2) is 0 Å². The van der Waals surface area contributed by atoms with Gasteiger partial charge >= 0.3 is 6.03 Å². The number of rotatable bonds is 6. The largest absolute Gasteiger partial charge is 0.337 e. The second kappa shape index (κ2) is 8.87. The van der Waals surface area contributed by atoms with Crippen molar-refractivity contribution in [1.29, 1.82) is 0 Å². The lowest BCUT2D eigenvalue weighted by atomic mass is 10.2. The van der Waals surface area contributed by atoms with Gasteiger partial charge < -0.3 is 10.6 Å². The van der Waals surface area contributed by atoms with Gasteiger partial charge in [0.25, 0.3) is 0 Å². The summed E-state index contributed by atoms with van der Waals surface area (Å²) in [6, 6.07) is 16.0. The molecule has 0 saturated carbocycles. The van der Waals surface area contributed by atoms with E-state index in [4.69, 9.17) is 0 Å². The normalized spacial score (nSPS) is 10.5. The number of benzene rings is 2. The van der Waals surface area contributed by atoms with Crippen LogP contribution in [0, 0.1) is 6.92 Å². The van der Waals surface area contributed by atoms with Crippen molar-refractivity contribution < 1.29 is 4.79 Å². The first-order valence-electron chi connectivity index (χ1n) is 8.34. The van der Waals surface area contributed by atoms with Crippen molar-refractivity contribution in [2.24, 2.45) is 0 Å². The monoisotopic (exact) mass is 383 g/mol. The van der Waals surface area contributed by atoms with Gasteiger partial charge in [-0.25, -0.2) is 9.78 Å². The van der Waals surface area contributed by atoms with Gasteiger partial charge in [0.2, 0.25) is 0 Å². The Hall–Kier alpha value is -2.31. The van der Waals surface area contributed by atoms with Crippen LogP contribution < -0.4 is 10.6 Å². The molecule has 0 atom stereocenters. The summed E-state index contributed by atoms with van der Waals surface area (Å²) < 4.78 is 0. The second-order valence-corrected chi connectivity index (χ2v) is 7.61. The summed E-state index contributed by atoms with van der Waals surface area (Å²) in [5, 5.41) is 8.80.